The van der Waals surface area contributed by atoms with Crippen LogP contribution in [0.15, 0.2) is 0 Å². The lowest BCUT2D eigenvalue weighted by molar-refractivity contribution is -0.130. The molecule has 0 fully saturated rings. The molecule has 0 bridgehead atoms. The maximum atomic E-state index is 11.7. The number of amides is 1. The minimum absolute atomic E-state index is 0.0847. The number of nitrogens with zero attached hydrogens (tertiary/aromatic N) is 3. The lowest BCUT2D eigenvalue weighted by Crippen LogP contribution is -2.37. The van der Waals surface area contributed by atoms with Crippen molar-refractivity contribution in [3.63, 3.8) is 0 Å². The van der Waals surface area contributed by atoms with Crippen LogP contribution in [-0.4, -0.2) is 49.4 Å². The Labute approximate surface area is 98.8 Å². The fourth-order valence-electron chi connectivity index (χ4n) is 1.25. The molecule has 0 aromatic carbocycles. The highest BCUT2D eigenvalue weighted by atomic mass is 16.2. The molecular weight excluding hydrogens is 202 g/mol. The van der Waals surface area contributed by atoms with Gasteiger partial charge in [-0.3, -0.25) is 9.69 Å². The average Bonchev–Trinajstić information content (AvgIpc) is 2.22. The highest BCUT2D eigenvalue weighted by Gasteiger charge is 2.11. The van der Waals surface area contributed by atoms with Gasteiger partial charge in [-0.15, -0.1) is 0 Å². The summed E-state index contributed by atoms with van der Waals surface area (Å²) in [6, 6.07) is 2.04. The van der Waals surface area contributed by atoms with Crippen LogP contribution in [0.3, 0.4) is 0 Å². The van der Waals surface area contributed by atoms with E-state index in [0.29, 0.717) is 25.4 Å². The number of hydrogen-bond acceptors (Lipinski definition) is 3. The predicted octanol–water partition coefficient (Wildman–Crippen LogP) is 1.34. The van der Waals surface area contributed by atoms with Gasteiger partial charge in [-0.1, -0.05) is 13.8 Å². The van der Waals surface area contributed by atoms with Crippen LogP contribution in [0.5, 0.6) is 0 Å². The average molecular weight is 225 g/mol. The van der Waals surface area contributed by atoms with Crippen molar-refractivity contribution in [2.24, 2.45) is 5.92 Å². The SMILES string of the molecule is CC(C)CCN(C)CC(=O)N(C)CCC#N. The topological polar surface area (TPSA) is 47.3 Å². The van der Waals surface area contributed by atoms with E-state index in [1.807, 2.05) is 18.0 Å². The van der Waals surface area contributed by atoms with Crippen LogP contribution in [0, 0.1) is 17.2 Å². The van der Waals surface area contributed by atoms with Crippen LogP contribution in [0.25, 0.3) is 0 Å². The van der Waals surface area contributed by atoms with Gasteiger partial charge in [0.05, 0.1) is 19.0 Å². The summed E-state index contributed by atoms with van der Waals surface area (Å²) in [6.45, 7) is 6.25. The Morgan fingerprint density at radius 2 is 1.94 bits per heavy atom. The Balaban J connectivity index is 3.81. The standard InChI is InChI=1S/C12H23N3O/c1-11(2)6-9-14(3)10-12(16)15(4)8-5-7-13/h11H,5-6,8-10H2,1-4H3. The third-order valence-corrected chi connectivity index (χ3v) is 2.48. The summed E-state index contributed by atoms with van der Waals surface area (Å²) in [5.74, 6) is 0.746. The minimum atomic E-state index is 0.0847. The zero-order valence-corrected chi connectivity index (χ0v) is 10.9. The predicted molar refractivity (Wildman–Crippen MR) is 64.8 cm³/mol. The van der Waals surface area contributed by atoms with E-state index in [0.717, 1.165) is 13.0 Å². The van der Waals surface area contributed by atoms with Gasteiger partial charge in [0.25, 0.3) is 0 Å². The Bertz CT molecular complexity index is 245. The van der Waals surface area contributed by atoms with Gasteiger partial charge in [0.15, 0.2) is 0 Å². The van der Waals surface area contributed by atoms with Gasteiger partial charge in [-0.25, -0.2) is 0 Å². The monoisotopic (exact) mass is 225 g/mol. The molecule has 0 rings (SSSR count). The molecule has 0 saturated carbocycles. The Morgan fingerprint density at radius 1 is 1.31 bits per heavy atom. The molecule has 0 atom stereocenters. The summed E-state index contributed by atoms with van der Waals surface area (Å²) < 4.78 is 0. The van der Waals surface area contributed by atoms with Crippen molar-refractivity contribution >= 4 is 5.91 Å². The molecule has 0 aliphatic carbocycles. The second-order valence-electron chi connectivity index (χ2n) is 4.64. The first-order valence-electron chi connectivity index (χ1n) is 5.76. The van der Waals surface area contributed by atoms with Crippen molar-refractivity contribution < 1.29 is 4.79 Å². The number of nitriles is 1. The minimum Gasteiger partial charge on any atom is -0.344 e. The Kier molecular flexibility index (Phi) is 7.57. The van der Waals surface area contributed by atoms with Gasteiger partial charge < -0.3 is 4.90 Å². The van der Waals surface area contributed by atoms with E-state index in [-0.39, 0.29) is 5.91 Å². The number of carbonyl (C=O) groups is 1. The van der Waals surface area contributed by atoms with Gasteiger partial charge in [0, 0.05) is 13.6 Å². The zero-order valence-electron chi connectivity index (χ0n) is 10.9. The van der Waals surface area contributed by atoms with Gasteiger partial charge in [0.1, 0.15) is 0 Å². The van der Waals surface area contributed by atoms with Crippen LogP contribution in [0.4, 0.5) is 0 Å². The number of hydrogen-bond donors (Lipinski definition) is 0. The van der Waals surface area contributed by atoms with Gasteiger partial charge in [-0.05, 0) is 25.9 Å². The highest BCUT2D eigenvalue weighted by molar-refractivity contribution is 5.77. The van der Waals surface area contributed by atoms with E-state index in [1.54, 1.807) is 11.9 Å². The quantitative estimate of drug-likeness (QED) is 0.657. The van der Waals surface area contributed by atoms with E-state index in [1.165, 1.54) is 0 Å². The van der Waals surface area contributed by atoms with Crippen LogP contribution in [-0.2, 0) is 4.79 Å². The summed E-state index contributed by atoms with van der Waals surface area (Å²) in [5.41, 5.74) is 0. The number of likely N-dealkylation sites (N-methyl/N-ethyl adjacent to an activating group) is 2. The molecule has 0 aliphatic heterocycles. The maximum absolute atomic E-state index is 11.7. The van der Waals surface area contributed by atoms with Crippen molar-refractivity contribution in [1.29, 1.82) is 5.26 Å². The highest BCUT2D eigenvalue weighted by Crippen LogP contribution is 2.01. The molecule has 16 heavy (non-hydrogen) atoms. The number of rotatable bonds is 7. The summed E-state index contributed by atoms with van der Waals surface area (Å²) in [5, 5.41) is 8.43. The lowest BCUT2D eigenvalue weighted by atomic mass is 10.1. The molecule has 0 spiro atoms. The molecule has 4 heteroatoms. The van der Waals surface area contributed by atoms with Crippen molar-refractivity contribution in [3.05, 3.63) is 0 Å². The Hall–Kier alpha value is -1.08. The molecule has 1 amide bonds. The molecule has 0 saturated heterocycles. The van der Waals surface area contributed by atoms with E-state index >= 15 is 0 Å². The van der Waals surface area contributed by atoms with E-state index < -0.39 is 0 Å². The number of carbonyl (C=O) groups excluding carboxylic acids is 1. The normalized spacial score (nSPS) is 10.6. The zero-order chi connectivity index (χ0) is 12.6. The summed E-state index contributed by atoms with van der Waals surface area (Å²) >= 11 is 0. The molecule has 0 aromatic rings. The third kappa shape index (κ3) is 7.24. The van der Waals surface area contributed by atoms with Crippen molar-refractivity contribution in [1.82, 2.24) is 9.80 Å². The first kappa shape index (κ1) is 14.9. The smallest absolute Gasteiger partial charge is 0.236 e. The van der Waals surface area contributed by atoms with Crippen LogP contribution in [0.2, 0.25) is 0 Å². The second kappa shape index (κ2) is 8.12. The van der Waals surface area contributed by atoms with Crippen LogP contribution < -0.4 is 0 Å². The fraction of sp³-hybridized carbons (Fsp3) is 0.833. The van der Waals surface area contributed by atoms with Crippen LogP contribution in [0.1, 0.15) is 26.7 Å². The molecular formula is C12H23N3O. The van der Waals surface area contributed by atoms with E-state index in [9.17, 15) is 4.79 Å². The fourth-order valence-corrected chi connectivity index (χ4v) is 1.25. The maximum Gasteiger partial charge on any atom is 0.236 e. The lowest BCUT2D eigenvalue weighted by Gasteiger charge is -2.21. The largest absolute Gasteiger partial charge is 0.344 e. The van der Waals surface area contributed by atoms with Crippen molar-refractivity contribution in [2.45, 2.75) is 26.7 Å². The first-order chi connectivity index (χ1) is 7.47. The summed E-state index contributed by atoms with van der Waals surface area (Å²) in [6.07, 6.45) is 1.50. The molecule has 4 nitrogen and oxygen atoms in total. The van der Waals surface area contributed by atoms with Gasteiger partial charge in [0.2, 0.25) is 5.91 Å². The van der Waals surface area contributed by atoms with Gasteiger partial charge in [-0.2, -0.15) is 5.26 Å². The molecule has 0 aromatic heterocycles. The second-order valence-corrected chi connectivity index (χ2v) is 4.64. The third-order valence-electron chi connectivity index (χ3n) is 2.48. The summed E-state index contributed by atoms with van der Waals surface area (Å²) in [4.78, 5) is 15.3. The molecule has 0 aliphatic rings. The van der Waals surface area contributed by atoms with Crippen molar-refractivity contribution in [2.75, 3.05) is 33.7 Å². The van der Waals surface area contributed by atoms with Gasteiger partial charge >= 0.3 is 0 Å². The molecule has 0 N–H and O–H groups in total. The molecule has 0 unspecified atom stereocenters. The Morgan fingerprint density at radius 3 is 2.44 bits per heavy atom. The van der Waals surface area contributed by atoms with E-state index in [4.69, 9.17) is 5.26 Å². The van der Waals surface area contributed by atoms with Crippen LogP contribution >= 0.6 is 0 Å². The molecule has 92 valence electrons. The van der Waals surface area contributed by atoms with E-state index in [2.05, 4.69) is 13.8 Å². The summed E-state index contributed by atoms with van der Waals surface area (Å²) in [7, 11) is 3.70. The molecule has 0 radical (unpaired) electrons. The molecule has 0 heterocycles. The van der Waals surface area contributed by atoms with Crippen molar-refractivity contribution in [3.8, 4) is 6.07 Å². The first-order valence-corrected chi connectivity index (χ1v) is 5.76.